The van der Waals surface area contributed by atoms with Crippen LogP contribution in [0.25, 0.3) is 32.7 Å². The molecule has 0 aliphatic carbocycles. The van der Waals surface area contributed by atoms with Gasteiger partial charge in [0.15, 0.2) is 0 Å². The van der Waals surface area contributed by atoms with Gasteiger partial charge in [-0.2, -0.15) is 0 Å². The first-order valence-corrected chi connectivity index (χ1v) is 13.1. The van der Waals surface area contributed by atoms with Crippen LogP contribution in [-0.4, -0.2) is 77.3 Å². The van der Waals surface area contributed by atoms with Crippen molar-refractivity contribution in [3.05, 3.63) is 72.8 Å². The van der Waals surface area contributed by atoms with Crippen LogP contribution in [0, 0.1) is 0 Å². The van der Waals surface area contributed by atoms with E-state index in [0.29, 0.717) is 59.5 Å². The summed E-state index contributed by atoms with van der Waals surface area (Å²) < 4.78 is 35.3. The van der Waals surface area contributed by atoms with Gasteiger partial charge in [-0.1, -0.05) is 60.7 Å². The fraction of sp³-hybridized carbons (Fsp3) is 0.355. The van der Waals surface area contributed by atoms with Crippen molar-refractivity contribution in [2.45, 2.75) is 6.10 Å². The second-order valence-corrected chi connectivity index (χ2v) is 8.99. The first kappa shape index (κ1) is 26.4. The lowest BCUT2D eigenvalue weighted by Gasteiger charge is -2.20. The molecule has 1 atom stereocenters. The van der Waals surface area contributed by atoms with Crippen molar-refractivity contribution in [2.75, 3.05) is 66.1 Å². The molecule has 0 aromatic heterocycles. The highest BCUT2D eigenvalue weighted by molar-refractivity contribution is 6.09. The van der Waals surface area contributed by atoms with Crippen molar-refractivity contribution < 1.29 is 33.5 Å². The zero-order valence-corrected chi connectivity index (χ0v) is 21.5. The normalized spacial score (nSPS) is 18.6. The Kier molecular flexibility index (Phi) is 9.42. The maximum Gasteiger partial charge on any atom is 0.128 e. The molecule has 4 aromatic carbocycles. The molecule has 0 spiro atoms. The third-order valence-electron chi connectivity index (χ3n) is 6.46. The molecule has 0 amide bonds. The number of ether oxygens (including phenoxy) is 6. The van der Waals surface area contributed by atoms with Crippen LogP contribution >= 0.6 is 0 Å². The molecule has 0 bridgehead atoms. The molecule has 7 heteroatoms. The summed E-state index contributed by atoms with van der Waals surface area (Å²) in [6, 6.07) is 24.9. The Hall–Kier alpha value is -3.20. The number of aliphatic hydroxyl groups is 1. The molecular weight excluding hydrogens is 484 g/mol. The fourth-order valence-electron chi connectivity index (χ4n) is 4.64. The van der Waals surface area contributed by atoms with Gasteiger partial charge in [0.25, 0.3) is 0 Å². The Bertz CT molecular complexity index is 1320. The van der Waals surface area contributed by atoms with Gasteiger partial charge >= 0.3 is 0 Å². The minimum atomic E-state index is -0.393. The van der Waals surface area contributed by atoms with Crippen molar-refractivity contribution in [2.24, 2.45) is 0 Å². The highest BCUT2D eigenvalue weighted by Gasteiger charge is 2.19. The Morgan fingerprint density at radius 2 is 1.05 bits per heavy atom. The summed E-state index contributed by atoms with van der Waals surface area (Å²) in [6.45, 7) is 3.39. The Morgan fingerprint density at radius 3 is 1.63 bits per heavy atom. The molecule has 5 rings (SSSR count). The second kappa shape index (κ2) is 13.6. The van der Waals surface area contributed by atoms with Crippen LogP contribution in [0.15, 0.2) is 72.8 Å². The minimum absolute atomic E-state index is 0.114. The van der Waals surface area contributed by atoms with Gasteiger partial charge in [-0.25, -0.2) is 0 Å². The van der Waals surface area contributed by atoms with E-state index in [2.05, 4.69) is 36.4 Å². The first-order chi connectivity index (χ1) is 18.8. The van der Waals surface area contributed by atoms with Crippen LogP contribution < -0.4 is 9.47 Å². The molecule has 200 valence electrons. The van der Waals surface area contributed by atoms with Crippen molar-refractivity contribution in [3.8, 4) is 22.6 Å². The van der Waals surface area contributed by atoms with E-state index in [1.807, 2.05) is 36.4 Å². The van der Waals surface area contributed by atoms with E-state index in [0.717, 1.165) is 44.2 Å². The van der Waals surface area contributed by atoms with Crippen LogP contribution in [0.2, 0.25) is 0 Å². The van der Waals surface area contributed by atoms with Crippen molar-refractivity contribution in [3.63, 3.8) is 0 Å². The summed E-state index contributed by atoms with van der Waals surface area (Å²) in [5.74, 6) is 1.55. The number of hydrogen-bond donors (Lipinski definition) is 1. The standard InChI is InChI=1S/C31H34O7/c32-21-25-22-35-14-13-33-16-19-37-28-11-9-23-5-1-3-7-26(23)30(28)31-27-8-4-2-6-24(27)10-12-29(31)38-20-17-34-15-18-36-25/h1-12,25,32H,13-22H2. The molecule has 1 unspecified atom stereocenters. The summed E-state index contributed by atoms with van der Waals surface area (Å²) in [5.41, 5.74) is 1.99. The van der Waals surface area contributed by atoms with Crippen LogP contribution in [0.4, 0.5) is 0 Å². The van der Waals surface area contributed by atoms with E-state index in [-0.39, 0.29) is 6.61 Å². The van der Waals surface area contributed by atoms with E-state index in [1.54, 1.807) is 0 Å². The first-order valence-electron chi connectivity index (χ1n) is 13.1. The van der Waals surface area contributed by atoms with Crippen LogP contribution in [-0.2, 0) is 18.9 Å². The third kappa shape index (κ3) is 6.43. The van der Waals surface area contributed by atoms with Crippen LogP contribution in [0.3, 0.4) is 0 Å². The molecular formula is C31H34O7. The SMILES string of the molecule is OCC1COCCOCCOc2ccc3ccccc3c2-c2c(ccc3ccccc23)OCCOCCO1. The summed E-state index contributed by atoms with van der Waals surface area (Å²) in [6.07, 6.45) is -0.393. The molecule has 1 aliphatic rings. The van der Waals surface area contributed by atoms with Gasteiger partial charge < -0.3 is 33.5 Å². The molecule has 0 fully saturated rings. The second-order valence-electron chi connectivity index (χ2n) is 8.99. The van der Waals surface area contributed by atoms with Gasteiger partial charge in [0, 0.05) is 11.1 Å². The zero-order chi connectivity index (χ0) is 26.0. The van der Waals surface area contributed by atoms with Gasteiger partial charge in [-0.05, 0) is 33.7 Å². The van der Waals surface area contributed by atoms with Gasteiger partial charge in [-0.3, -0.25) is 0 Å². The lowest BCUT2D eigenvalue weighted by Crippen LogP contribution is -2.27. The predicted octanol–water partition coefficient (Wildman–Crippen LogP) is 4.86. The Balaban J connectivity index is 1.50. The largest absolute Gasteiger partial charge is 0.491 e. The van der Waals surface area contributed by atoms with Crippen LogP contribution in [0.1, 0.15) is 0 Å². The molecule has 1 N–H and O–H groups in total. The molecule has 0 saturated heterocycles. The molecule has 7 nitrogen and oxygen atoms in total. The van der Waals surface area contributed by atoms with Gasteiger partial charge in [0.1, 0.15) is 30.8 Å². The summed E-state index contributed by atoms with van der Waals surface area (Å²) in [7, 11) is 0. The molecule has 4 aromatic rings. The molecule has 38 heavy (non-hydrogen) atoms. The number of aliphatic hydroxyl groups excluding tert-OH is 1. The quantitative estimate of drug-likeness (QED) is 0.386. The Labute approximate surface area is 222 Å². The fourth-order valence-corrected chi connectivity index (χ4v) is 4.64. The van der Waals surface area contributed by atoms with E-state index in [4.69, 9.17) is 28.4 Å². The maximum absolute atomic E-state index is 9.51. The molecule has 0 saturated carbocycles. The highest BCUT2D eigenvalue weighted by Crippen LogP contribution is 2.45. The highest BCUT2D eigenvalue weighted by atomic mass is 16.6. The zero-order valence-electron chi connectivity index (χ0n) is 21.5. The lowest BCUT2D eigenvalue weighted by atomic mass is 9.92. The average Bonchev–Trinajstić information content (AvgIpc) is 2.96. The van der Waals surface area contributed by atoms with Gasteiger partial charge in [-0.15, -0.1) is 0 Å². The number of rotatable bonds is 1. The summed E-state index contributed by atoms with van der Waals surface area (Å²) >= 11 is 0. The van der Waals surface area contributed by atoms with Gasteiger partial charge in [0.2, 0.25) is 0 Å². The van der Waals surface area contributed by atoms with E-state index in [1.165, 1.54) is 0 Å². The van der Waals surface area contributed by atoms with Crippen molar-refractivity contribution in [1.29, 1.82) is 0 Å². The summed E-state index contributed by atoms with van der Waals surface area (Å²) in [4.78, 5) is 0. The number of hydrogen-bond acceptors (Lipinski definition) is 7. The monoisotopic (exact) mass is 518 g/mol. The third-order valence-corrected chi connectivity index (χ3v) is 6.46. The van der Waals surface area contributed by atoms with Crippen LogP contribution in [0.5, 0.6) is 11.5 Å². The van der Waals surface area contributed by atoms with E-state index >= 15 is 0 Å². The maximum atomic E-state index is 9.51. The lowest BCUT2D eigenvalue weighted by molar-refractivity contribution is -0.0673. The number of fused-ring (bicyclic) bond motifs is 7. The molecule has 1 aliphatic heterocycles. The average molecular weight is 519 g/mol. The molecule has 0 radical (unpaired) electrons. The van der Waals surface area contributed by atoms with Crippen molar-refractivity contribution in [1.82, 2.24) is 0 Å². The van der Waals surface area contributed by atoms with Crippen molar-refractivity contribution >= 4 is 21.5 Å². The minimum Gasteiger partial charge on any atom is -0.491 e. The van der Waals surface area contributed by atoms with E-state index in [9.17, 15) is 5.11 Å². The van der Waals surface area contributed by atoms with Gasteiger partial charge in [0.05, 0.1) is 52.9 Å². The summed E-state index contributed by atoms with van der Waals surface area (Å²) in [5, 5.41) is 13.9. The Morgan fingerprint density at radius 1 is 0.553 bits per heavy atom. The molecule has 1 heterocycles. The smallest absolute Gasteiger partial charge is 0.128 e. The number of benzene rings is 4. The van der Waals surface area contributed by atoms with E-state index < -0.39 is 6.10 Å². The topological polar surface area (TPSA) is 75.6 Å². The predicted molar refractivity (Wildman–Crippen MR) is 147 cm³/mol.